The fraction of sp³-hybridized carbons (Fsp3) is 0.0833. The van der Waals surface area contributed by atoms with Crippen molar-refractivity contribution >= 4 is 28.5 Å². The predicted octanol–water partition coefficient (Wildman–Crippen LogP) is 4.97. The van der Waals surface area contributed by atoms with Crippen LogP contribution in [0.15, 0.2) is 70.1 Å². The first kappa shape index (κ1) is 19.2. The fourth-order valence-electron chi connectivity index (χ4n) is 3.99. The fourth-order valence-corrected chi connectivity index (χ4v) is 4.11. The minimum atomic E-state index is -0.518. The number of carbonyl (C=O) groups is 1. The van der Waals surface area contributed by atoms with Gasteiger partial charge in [0.25, 0.3) is 0 Å². The number of phenols is 2. The zero-order valence-corrected chi connectivity index (χ0v) is 16.7. The molecule has 0 saturated heterocycles. The van der Waals surface area contributed by atoms with Gasteiger partial charge in [0.1, 0.15) is 34.5 Å². The number of ether oxygens (including phenoxy) is 1. The van der Waals surface area contributed by atoms with Gasteiger partial charge in [0.05, 0.1) is 12.0 Å². The van der Waals surface area contributed by atoms with E-state index in [0.717, 1.165) is 0 Å². The third-order valence-electron chi connectivity index (χ3n) is 5.40. The summed E-state index contributed by atoms with van der Waals surface area (Å²) in [4.78, 5) is 25.5. The molecule has 31 heavy (non-hydrogen) atoms. The number of fused-ring (bicyclic) bond motifs is 3. The maximum atomic E-state index is 13.3. The Morgan fingerprint density at radius 2 is 1.77 bits per heavy atom. The average molecular weight is 435 g/mol. The molecule has 0 amide bonds. The molecule has 0 bridgehead atoms. The van der Waals surface area contributed by atoms with Crippen LogP contribution in [-0.4, -0.2) is 16.2 Å². The largest absolute Gasteiger partial charge is 0.508 e. The van der Waals surface area contributed by atoms with Crippen molar-refractivity contribution in [3.63, 3.8) is 0 Å². The van der Waals surface area contributed by atoms with Crippen molar-refractivity contribution in [2.45, 2.75) is 12.3 Å². The molecule has 1 atom stereocenters. The Morgan fingerprint density at radius 3 is 2.52 bits per heavy atom. The zero-order chi connectivity index (χ0) is 21.7. The zero-order valence-electron chi connectivity index (χ0n) is 16.0. The summed E-state index contributed by atoms with van der Waals surface area (Å²) < 4.78 is 11.2. The van der Waals surface area contributed by atoms with Crippen LogP contribution in [0, 0.1) is 0 Å². The highest BCUT2D eigenvalue weighted by Gasteiger charge is 2.33. The van der Waals surface area contributed by atoms with Crippen LogP contribution >= 0.6 is 11.6 Å². The molecule has 2 N–H and O–H groups in total. The number of benzene rings is 3. The number of phenolic OH excluding ortho intramolecular Hbond substituents is 2. The van der Waals surface area contributed by atoms with E-state index in [1.807, 2.05) is 0 Å². The van der Waals surface area contributed by atoms with E-state index < -0.39 is 17.3 Å². The summed E-state index contributed by atoms with van der Waals surface area (Å²) in [5, 5.41) is 21.0. The van der Waals surface area contributed by atoms with Gasteiger partial charge in [-0.25, -0.2) is 0 Å². The molecule has 6 nitrogen and oxygen atoms in total. The van der Waals surface area contributed by atoms with Crippen molar-refractivity contribution < 1.29 is 24.2 Å². The van der Waals surface area contributed by atoms with Crippen LogP contribution in [0.25, 0.3) is 22.1 Å². The second kappa shape index (κ2) is 7.18. The topological polar surface area (TPSA) is 97.0 Å². The minimum absolute atomic E-state index is 0.00102. The standard InChI is InChI=1S/C24H15ClO6/c25-14-6-4-12(5-7-14)17-11-30-24-21-16(13-2-1-3-15(26)8-13)9-20(28)31-19(21)10-18(27)22(24)23(17)29/h1-8,10-11,16,26-27H,9H2. The van der Waals surface area contributed by atoms with Crippen LogP contribution in [0.2, 0.25) is 5.02 Å². The van der Waals surface area contributed by atoms with Crippen molar-refractivity contribution in [3.05, 3.63) is 87.2 Å². The smallest absolute Gasteiger partial charge is 0.312 e. The van der Waals surface area contributed by atoms with E-state index in [0.29, 0.717) is 21.7 Å². The number of rotatable bonds is 2. The van der Waals surface area contributed by atoms with Gasteiger partial charge in [0.2, 0.25) is 5.43 Å². The van der Waals surface area contributed by atoms with Crippen molar-refractivity contribution in [2.75, 3.05) is 0 Å². The third-order valence-corrected chi connectivity index (χ3v) is 5.65. The Balaban J connectivity index is 1.78. The molecule has 0 spiro atoms. The molecule has 2 heterocycles. The first-order valence-electron chi connectivity index (χ1n) is 9.49. The van der Waals surface area contributed by atoms with Gasteiger partial charge in [-0.1, -0.05) is 35.9 Å². The lowest BCUT2D eigenvalue weighted by atomic mass is 9.85. The summed E-state index contributed by atoms with van der Waals surface area (Å²) >= 11 is 5.93. The van der Waals surface area contributed by atoms with Gasteiger partial charge in [-0.15, -0.1) is 0 Å². The molecule has 0 aliphatic carbocycles. The molecule has 7 heteroatoms. The molecule has 0 radical (unpaired) electrons. The van der Waals surface area contributed by atoms with Crippen LogP contribution in [0.3, 0.4) is 0 Å². The van der Waals surface area contributed by atoms with E-state index in [-0.39, 0.29) is 40.2 Å². The van der Waals surface area contributed by atoms with Gasteiger partial charge < -0.3 is 19.4 Å². The van der Waals surface area contributed by atoms with Crippen LogP contribution in [0.5, 0.6) is 17.2 Å². The van der Waals surface area contributed by atoms with Gasteiger partial charge in [-0.05, 0) is 35.4 Å². The lowest BCUT2D eigenvalue weighted by Crippen LogP contribution is -2.22. The maximum Gasteiger partial charge on any atom is 0.312 e. The Kier molecular flexibility index (Phi) is 4.45. The van der Waals surface area contributed by atoms with Crippen LogP contribution in [0.1, 0.15) is 23.5 Å². The molecule has 1 aliphatic heterocycles. The van der Waals surface area contributed by atoms with Crippen LogP contribution in [-0.2, 0) is 4.79 Å². The molecular formula is C24H15ClO6. The molecule has 5 rings (SSSR count). The monoisotopic (exact) mass is 434 g/mol. The summed E-state index contributed by atoms with van der Waals surface area (Å²) in [5.74, 6) is -1.18. The van der Waals surface area contributed by atoms with E-state index in [2.05, 4.69) is 0 Å². The number of hydrogen-bond acceptors (Lipinski definition) is 6. The lowest BCUT2D eigenvalue weighted by molar-refractivity contribution is -0.135. The van der Waals surface area contributed by atoms with Gasteiger partial charge in [-0.3, -0.25) is 9.59 Å². The summed E-state index contributed by atoms with van der Waals surface area (Å²) in [6.07, 6.45) is 1.32. The van der Waals surface area contributed by atoms with Crippen LogP contribution in [0.4, 0.5) is 0 Å². The van der Waals surface area contributed by atoms with Gasteiger partial charge in [0, 0.05) is 22.6 Å². The van der Waals surface area contributed by atoms with E-state index in [1.54, 1.807) is 42.5 Å². The van der Waals surface area contributed by atoms with Gasteiger partial charge in [-0.2, -0.15) is 0 Å². The van der Waals surface area contributed by atoms with E-state index in [9.17, 15) is 19.8 Å². The highest BCUT2D eigenvalue weighted by atomic mass is 35.5. The molecule has 0 fully saturated rings. The van der Waals surface area contributed by atoms with Crippen molar-refractivity contribution in [1.29, 1.82) is 0 Å². The second-order valence-electron chi connectivity index (χ2n) is 7.32. The summed E-state index contributed by atoms with van der Waals surface area (Å²) in [5.41, 5.74) is 1.70. The Morgan fingerprint density at radius 1 is 1.00 bits per heavy atom. The molecule has 0 saturated carbocycles. The van der Waals surface area contributed by atoms with E-state index in [4.69, 9.17) is 20.8 Å². The van der Waals surface area contributed by atoms with Crippen LogP contribution < -0.4 is 10.2 Å². The number of esters is 1. The van der Waals surface area contributed by atoms with Crippen molar-refractivity contribution in [3.8, 4) is 28.4 Å². The number of carbonyl (C=O) groups excluding carboxylic acids is 1. The van der Waals surface area contributed by atoms with E-state index >= 15 is 0 Å². The molecule has 3 aromatic carbocycles. The number of hydrogen-bond donors (Lipinski definition) is 2. The van der Waals surface area contributed by atoms with Gasteiger partial charge in [0.15, 0.2) is 0 Å². The van der Waals surface area contributed by atoms with E-state index in [1.165, 1.54) is 18.4 Å². The molecule has 1 aromatic heterocycles. The van der Waals surface area contributed by atoms with Crippen molar-refractivity contribution in [2.24, 2.45) is 0 Å². The number of halogens is 1. The maximum absolute atomic E-state index is 13.3. The lowest BCUT2D eigenvalue weighted by Gasteiger charge is -2.26. The first-order valence-corrected chi connectivity index (χ1v) is 9.87. The minimum Gasteiger partial charge on any atom is -0.508 e. The number of aromatic hydroxyl groups is 2. The molecule has 154 valence electrons. The van der Waals surface area contributed by atoms with Crippen molar-refractivity contribution in [1.82, 2.24) is 0 Å². The third kappa shape index (κ3) is 3.21. The Labute approximate surface area is 180 Å². The molecular weight excluding hydrogens is 420 g/mol. The second-order valence-corrected chi connectivity index (χ2v) is 7.76. The quantitative estimate of drug-likeness (QED) is 0.341. The normalized spacial score (nSPS) is 15.5. The highest BCUT2D eigenvalue weighted by molar-refractivity contribution is 6.30. The summed E-state index contributed by atoms with van der Waals surface area (Å²) in [6, 6.07) is 14.5. The first-order chi connectivity index (χ1) is 14.9. The molecule has 1 unspecified atom stereocenters. The highest BCUT2D eigenvalue weighted by Crippen LogP contribution is 2.46. The summed E-state index contributed by atoms with van der Waals surface area (Å²) in [6.45, 7) is 0. The Hall–Kier alpha value is -3.77. The predicted molar refractivity (Wildman–Crippen MR) is 115 cm³/mol. The molecule has 1 aliphatic rings. The Bertz CT molecular complexity index is 1400. The average Bonchev–Trinajstić information content (AvgIpc) is 2.74. The van der Waals surface area contributed by atoms with Gasteiger partial charge >= 0.3 is 5.97 Å². The summed E-state index contributed by atoms with van der Waals surface area (Å²) in [7, 11) is 0. The molecule has 4 aromatic rings. The SMILES string of the molecule is O=C1CC(c2cccc(O)c2)c2c(cc(O)c3c(=O)c(-c4ccc(Cl)cc4)coc23)O1.